The zero-order valence-corrected chi connectivity index (χ0v) is 8.74. The maximum absolute atomic E-state index is 9.35. The van der Waals surface area contributed by atoms with Gasteiger partial charge in [0, 0.05) is 23.8 Å². The molecule has 1 N–H and O–H groups in total. The minimum atomic E-state index is -0.194. The summed E-state index contributed by atoms with van der Waals surface area (Å²) in [5.41, 5.74) is 0. The van der Waals surface area contributed by atoms with E-state index < -0.39 is 0 Å². The molecule has 1 aliphatic heterocycles. The highest BCUT2D eigenvalue weighted by Gasteiger charge is 2.20. The fourth-order valence-electron chi connectivity index (χ4n) is 1.52. The molecule has 13 heavy (non-hydrogen) atoms. The molecule has 2 rings (SSSR count). The molecule has 0 amide bonds. The van der Waals surface area contributed by atoms with Crippen molar-refractivity contribution in [2.75, 3.05) is 18.0 Å². The molecule has 0 unspecified atom stereocenters. The fraction of sp³-hybridized carbons (Fsp3) is 0.444. The lowest BCUT2D eigenvalue weighted by Crippen LogP contribution is -2.21. The molecule has 1 aliphatic rings. The van der Waals surface area contributed by atoms with Gasteiger partial charge in [-0.15, -0.1) is 0 Å². The Bertz CT molecular complexity index is 305. The minimum absolute atomic E-state index is 0.194. The first-order valence-corrected chi connectivity index (χ1v) is 5.09. The van der Waals surface area contributed by atoms with Crippen LogP contribution in [0, 0.1) is 0 Å². The van der Waals surface area contributed by atoms with Crippen LogP contribution in [0.15, 0.2) is 22.8 Å². The molecule has 4 heteroatoms. The van der Waals surface area contributed by atoms with Crippen molar-refractivity contribution in [3.05, 3.63) is 22.8 Å². The number of hydrogen-bond donors (Lipinski definition) is 1. The molecule has 1 atom stereocenters. The summed E-state index contributed by atoms with van der Waals surface area (Å²) in [6.07, 6.45) is 2.42. The Balaban J connectivity index is 2.16. The van der Waals surface area contributed by atoms with Crippen LogP contribution in [0.1, 0.15) is 6.42 Å². The summed E-state index contributed by atoms with van der Waals surface area (Å²) < 4.78 is 1.03. The molecule has 1 fully saturated rings. The number of pyridine rings is 1. The van der Waals surface area contributed by atoms with Crippen LogP contribution in [0.3, 0.4) is 0 Å². The van der Waals surface area contributed by atoms with Crippen molar-refractivity contribution >= 4 is 21.7 Å². The largest absolute Gasteiger partial charge is 0.391 e. The zero-order valence-electron chi connectivity index (χ0n) is 7.15. The molecule has 0 saturated carbocycles. The van der Waals surface area contributed by atoms with Crippen LogP contribution in [-0.2, 0) is 0 Å². The molecule has 3 nitrogen and oxygen atoms in total. The Morgan fingerprint density at radius 2 is 2.46 bits per heavy atom. The topological polar surface area (TPSA) is 36.4 Å². The number of β-amino-alcohol motifs (C(OH)–C–C–N with tert-alkyl or cyclic N) is 1. The zero-order chi connectivity index (χ0) is 9.26. The molecule has 1 saturated heterocycles. The minimum Gasteiger partial charge on any atom is -0.391 e. The van der Waals surface area contributed by atoms with Crippen molar-refractivity contribution in [1.82, 2.24) is 4.98 Å². The summed E-state index contributed by atoms with van der Waals surface area (Å²) in [5, 5.41) is 9.35. The van der Waals surface area contributed by atoms with Crippen LogP contribution >= 0.6 is 15.9 Å². The van der Waals surface area contributed by atoms with E-state index in [4.69, 9.17) is 0 Å². The van der Waals surface area contributed by atoms with Gasteiger partial charge in [-0.1, -0.05) is 15.9 Å². The van der Waals surface area contributed by atoms with Gasteiger partial charge < -0.3 is 10.0 Å². The van der Waals surface area contributed by atoms with E-state index in [2.05, 4.69) is 25.8 Å². The van der Waals surface area contributed by atoms with E-state index in [9.17, 15) is 5.11 Å². The van der Waals surface area contributed by atoms with E-state index in [0.717, 1.165) is 23.3 Å². The highest BCUT2D eigenvalue weighted by atomic mass is 79.9. The Morgan fingerprint density at radius 3 is 3.08 bits per heavy atom. The van der Waals surface area contributed by atoms with E-state index in [-0.39, 0.29) is 6.10 Å². The van der Waals surface area contributed by atoms with Gasteiger partial charge in [-0.25, -0.2) is 4.98 Å². The molecule has 0 aromatic carbocycles. The van der Waals surface area contributed by atoms with Gasteiger partial charge in [0.2, 0.25) is 0 Å². The molecule has 70 valence electrons. The summed E-state index contributed by atoms with van der Waals surface area (Å²) in [6, 6.07) is 3.87. The van der Waals surface area contributed by atoms with Crippen LogP contribution in [0.2, 0.25) is 0 Å². The third kappa shape index (κ3) is 2.00. The first kappa shape index (κ1) is 8.97. The van der Waals surface area contributed by atoms with Gasteiger partial charge in [0.25, 0.3) is 0 Å². The maximum atomic E-state index is 9.35. The number of aliphatic hydroxyl groups is 1. The molecule has 1 aromatic rings. The predicted molar refractivity (Wildman–Crippen MR) is 54.8 cm³/mol. The van der Waals surface area contributed by atoms with E-state index in [1.807, 2.05) is 12.1 Å². The van der Waals surface area contributed by atoms with Crippen molar-refractivity contribution in [3.63, 3.8) is 0 Å². The third-order valence-corrected chi connectivity index (χ3v) is 2.69. The fourth-order valence-corrected chi connectivity index (χ4v) is 1.84. The van der Waals surface area contributed by atoms with Crippen molar-refractivity contribution in [3.8, 4) is 0 Å². The van der Waals surface area contributed by atoms with Gasteiger partial charge >= 0.3 is 0 Å². The van der Waals surface area contributed by atoms with Gasteiger partial charge in [-0.3, -0.25) is 0 Å². The van der Waals surface area contributed by atoms with Crippen LogP contribution in [0.25, 0.3) is 0 Å². The van der Waals surface area contributed by atoms with E-state index in [0.29, 0.717) is 6.54 Å². The first-order chi connectivity index (χ1) is 6.25. The number of rotatable bonds is 1. The monoisotopic (exact) mass is 242 g/mol. The Labute approximate surface area is 85.5 Å². The molecule has 0 aliphatic carbocycles. The standard InChI is InChI=1S/C9H11BrN2O/c10-7-1-3-11-9(5-7)12-4-2-8(13)6-12/h1,3,5,8,13H,2,4,6H2/t8-/m0/s1. The van der Waals surface area contributed by atoms with Crippen LogP contribution < -0.4 is 4.90 Å². The van der Waals surface area contributed by atoms with Crippen LogP contribution in [0.5, 0.6) is 0 Å². The lowest BCUT2D eigenvalue weighted by atomic mass is 10.3. The summed E-state index contributed by atoms with van der Waals surface area (Å²) >= 11 is 3.40. The van der Waals surface area contributed by atoms with Crippen molar-refractivity contribution in [2.24, 2.45) is 0 Å². The highest BCUT2D eigenvalue weighted by Crippen LogP contribution is 2.20. The quantitative estimate of drug-likeness (QED) is 0.810. The predicted octanol–water partition coefficient (Wildman–Crippen LogP) is 1.42. The number of hydrogen-bond acceptors (Lipinski definition) is 3. The van der Waals surface area contributed by atoms with Gasteiger partial charge in [-0.05, 0) is 18.6 Å². The molecule has 1 aromatic heterocycles. The first-order valence-electron chi connectivity index (χ1n) is 4.30. The number of aromatic nitrogens is 1. The summed E-state index contributed by atoms with van der Waals surface area (Å²) in [6.45, 7) is 1.59. The lowest BCUT2D eigenvalue weighted by molar-refractivity contribution is 0.198. The van der Waals surface area contributed by atoms with E-state index in [1.165, 1.54) is 0 Å². The number of aliphatic hydroxyl groups excluding tert-OH is 1. The number of halogens is 1. The third-order valence-electron chi connectivity index (χ3n) is 2.19. The summed E-state index contributed by atoms with van der Waals surface area (Å²) in [4.78, 5) is 6.33. The average molecular weight is 243 g/mol. The normalized spacial score (nSPS) is 22.3. The molecular weight excluding hydrogens is 232 g/mol. The second-order valence-corrected chi connectivity index (χ2v) is 4.14. The summed E-state index contributed by atoms with van der Waals surface area (Å²) in [7, 11) is 0. The SMILES string of the molecule is O[C@H]1CCN(c2cc(Br)ccn2)C1. The Morgan fingerprint density at radius 1 is 1.62 bits per heavy atom. The van der Waals surface area contributed by atoms with Crippen LogP contribution in [-0.4, -0.2) is 29.3 Å². The van der Waals surface area contributed by atoms with Gasteiger partial charge in [-0.2, -0.15) is 0 Å². The van der Waals surface area contributed by atoms with Crippen LogP contribution in [0.4, 0.5) is 5.82 Å². The number of nitrogens with zero attached hydrogens (tertiary/aromatic N) is 2. The molecule has 2 heterocycles. The van der Waals surface area contributed by atoms with Crippen molar-refractivity contribution in [2.45, 2.75) is 12.5 Å². The van der Waals surface area contributed by atoms with Crippen molar-refractivity contribution < 1.29 is 5.11 Å². The lowest BCUT2D eigenvalue weighted by Gasteiger charge is -2.16. The van der Waals surface area contributed by atoms with E-state index >= 15 is 0 Å². The Kier molecular flexibility index (Phi) is 2.51. The van der Waals surface area contributed by atoms with Gasteiger partial charge in [0.05, 0.1) is 6.10 Å². The molecule has 0 bridgehead atoms. The second-order valence-electron chi connectivity index (χ2n) is 3.22. The smallest absolute Gasteiger partial charge is 0.129 e. The second kappa shape index (κ2) is 3.64. The van der Waals surface area contributed by atoms with E-state index in [1.54, 1.807) is 6.20 Å². The highest BCUT2D eigenvalue weighted by molar-refractivity contribution is 9.10. The maximum Gasteiger partial charge on any atom is 0.129 e. The molecule has 0 radical (unpaired) electrons. The number of anilines is 1. The van der Waals surface area contributed by atoms with Gasteiger partial charge in [0.15, 0.2) is 0 Å². The summed E-state index contributed by atoms with van der Waals surface area (Å²) in [5.74, 6) is 0.936. The molecular formula is C9H11BrN2O. The Hall–Kier alpha value is -0.610. The molecule has 0 spiro atoms. The average Bonchev–Trinajstić information content (AvgIpc) is 2.52. The van der Waals surface area contributed by atoms with Crippen molar-refractivity contribution in [1.29, 1.82) is 0 Å². The van der Waals surface area contributed by atoms with Gasteiger partial charge in [0.1, 0.15) is 5.82 Å².